The normalized spacial score (nSPS) is 12.6. The van der Waals surface area contributed by atoms with Crippen molar-refractivity contribution >= 4 is 11.6 Å². The molecule has 0 saturated carbocycles. The fraction of sp³-hybridized carbons (Fsp3) is 0.600. The molecule has 18 heavy (non-hydrogen) atoms. The molecule has 3 heteroatoms. The van der Waals surface area contributed by atoms with Crippen LogP contribution in [0.3, 0.4) is 0 Å². The van der Waals surface area contributed by atoms with Crippen LogP contribution in [0.1, 0.15) is 38.2 Å². The number of ether oxygens (including phenoxy) is 1. The average molecular weight is 270 g/mol. The third-order valence-corrected chi connectivity index (χ3v) is 3.19. The molecule has 0 radical (unpaired) electrons. The monoisotopic (exact) mass is 269 g/mol. The smallest absolute Gasteiger partial charge is 0.0472 e. The highest BCUT2D eigenvalue weighted by molar-refractivity contribution is 6.30. The van der Waals surface area contributed by atoms with Gasteiger partial charge in [-0.05, 0) is 49.9 Å². The molecule has 1 rings (SSSR count). The van der Waals surface area contributed by atoms with Crippen molar-refractivity contribution in [3.8, 4) is 0 Å². The summed E-state index contributed by atoms with van der Waals surface area (Å²) in [5.74, 6) is 0.474. The van der Waals surface area contributed by atoms with Crippen LogP contribution in [0.25, 0.3) is 0 Å². The number of rotatable bonds is 9. The average Bonchev–Trinajstić information content (AvgIpc) is 2.37. The summed E-state index contributed by atoms with van der Waals surface area (Å²) >= 11 is 6.06. The first kappa shape index (κ1) is 15.5. The molecule has 0 bridgehead atoms. The number of benzene rings is 1. The Morgan fingerprint density at radius 2 is 2.17 bits per heavy atom. The van der Waals surface area contributed by atoms with Crippen molar-refractivity contribution in [3.63, 3.8) is 0 Å². The van der Waals surface area contributed by atoms with E-state index in [0.29, 0.717) is 5.92 Å². The molecule has 1 N–H and O–H groups in total. The summed E-state index contributed by atoms with van der Waals surface area (Å²) in [6.45, 7) is 7.85. The van der Waals surface area contributed by atoms with Crippen molar-refractivity contribution in [2.75, 3.05) is 26.3 Å². The topological polar surface area (TPSA) is 21.3 Å². The van der Waals surface area contributed by atoms with E-state index in [2.05, 4.69) is 24.4 Å². The van der Waals surface area contributed by atoms with Crippen LogP contribution in [0.15, 0.2) is 24.3 Å². The summed E-state index contributed by atoms with van der Waals surface area (Å²) < 4.78 is 5.46. The second kappa shape index (κ2) is 9.37. The largest absolute Gasteiger partial charge is 0.382 e. The molecule has 1 atom stereocenters. The second-order valence-corrected chi connectivity index (χ2v) is 4.88. The van der Waals surface area contributed by atoms with E-state index < -0.39 is 0 Å². The minimum atomic E-state index is 0.474. The van der Waals surface area contributed by atoms with Crippen molar-refractivity contribution in [2.45, 2.75) is 32.6 Å². The molecule has 0 aliphatic heterocycles. The molecular formula is C15H24ClNO. The van der Waals surface area contributed by atoms with Gasteiger partial charge in [0.05, 0.1) is 0 Å². The lowest BCUT2D eigenvalue weighted by atomic mass is 9.96. The van der Waals surface area contributed by atoms with Gasteiger partial charge < -0.3 is 10.1 Å². The van der Waals surface area contributed by atoms with E-state index in [1.165, 1.54) is 5.56 Å². The molecule has 102 valence electrons. The number of nitrogens with one attached hydrogen (secondary N) is 1. The van der Waals surface area contributed by atoms with Gasteiger partial charge >= 0.3 is 0 Å². The molecule has 0 amide bonds. The zero-order valence-corrected chi connectivity index (χ0v) is 12.2. The van der Waals surface area contributed by atoms with Crippen LogP contribution in [-0.4, -0.2) is 26.3 Å². The fourth-order valence-electron chi connectivity index (χ4n) is 1.97. The minimum Gasteiger partial charge on any atom is -0.382 e. The zero-order valence-electron chi connectivity index (χ0n) is 11.4. The second-order valence-electron chi connectivity index (χ2n) is 4.44. The molecule has 1 unspecified atom stereocenters. The van der Waals surface area contributed by atoms with E-state index in [1.54, 1.807) is 0 Å². The molecule has 1 aromatic carbocycles. The van der Waals surface area contributed by atoms with Crippen LogP contribution in [0.4, 0.5) is 0 Å². The van der Waals surface area contributed by atoms with Crippen LogP contribution in [0.2, 0.25) is 5.02 Å². The van der Waals surface area contributed by atoms with Gasteiger partial charge in [-0.15, -0.1) is 0 Å². The maximum Gasteiger partial charge on any atom is 0.0472 e. The lowest BCUT2D eigenvalue weighted by Crippen LogP contribution is -2.23. The SMILES string of the molecule is CCCNCC(CCOCC)c1cccc(Cl)c1. The Kier molecular flexibility index (Phi) is 8.06. The molecule has 0 aromatic heterocycles. The summed E-state index contributed by atoms with van der Waals surface area (Å²) in [5.41, 5.74) is 1.30. The standard InChI is InChI=1S/C15H24ClNO/c1-3-9-17-12-14(8-10-18-4-2)13-6-5-7-15(16)11-13/h5-7,11,14,17H,3-4,8-10,12H2,1-2H3. The summed E-state index contributed by atoms with van der Waals surface area (Å²) in [7, 11) is 0. The van der Waals surface area contributed by atoms with Gasteiger partial charge in [0.1, 0.15) is 0 Å². The van der Waals surface area contributed by atoms with Gasteiger partial charge in [-0.25, -0.2) is 0 Å². The van der Waals surface area contributed by atoms with Crippen LogP contribution in [-0.2, 0) is 4.74 Å². The highest BCUT2D eigenvalue weighted by Gasteiger charge is 2.11. The molecule has 2 nitrogen and oxygen atoms in total. The van der Waals surface area contributed by atoms with Gasteiger partial charge in [-0.1, -0.05) is 30.7 Å². The number of hydrogen-bond donors (Lipinski definition) is 1. The van der Waals surface area contributed by atoms with Gasteiger partial charge in [-0.3, -0.25) is 0 Å². The van der Waals surface area contributed by atoms with E-state index in [0.717, 1.165) is 44.2 Å². The van der Waals surface area contributed by atoms with Crippen LogP contribution >= 0.6 is 11.6 Å². The summed E-state index contributed by atoms with van der Waals surface area (Å²) in [6.07, 6.45) is 2.19. The first-order valence-electron chi connectivity index (χ1n) is 6.81. The Morgan fingerprint density at radius 3 is 2.83 bits per heavy atom. The van der Waals surface area contributed by atoms with Crippen LogP contribution in [0.5, 0.6) is 0 Å². The molecule has 0 aliphatic rings. The lowest BCUT2D eigenvalue weighted by molar-refractivity contribution is 0.139. The Bertz CT molecular complexity index is 320. The molecule has 0 spiro atoms. The third-order valence-electron chi connectivity index (χ3n) is 2.95. The maximum atomic E-state index is 6.06. The summed E-state index contributed by atoms with van der Waals surface area (Å²) in [4.78, 5) is 0. The minimum absolute atomic E-state index is 0.474. The molecule has 1 aromatic rings. The van der Waals surface area contributed by atoms with Gasteiger partial charge in [0.25, 0.3) is 0 Å². The van der Waals surface area contributed by atoms with Gasteiger partial charge in [0.15, 0.2) is 0 Å². The highest BCUT2D eigenvalue weighted by atomic mass is 35.5. The van der Waals surface area contributed by atoms with Gasteiger partial charge in [-0.2, -0.15) is 0 Å². The molecule has 0 heterocycles. The molecule has 0 fully saturated rings. The fourth-order valence-corrected chi connectivity index (χ4v) is 2.17. The van der Waals surface area contributed by atoms with E-state index in [-0.39, 0.29) is 0 Å². The first-order valence-corrected chi connectivity index (χ1v) is 7.19. The van der Waals surface area contributed by atoms with E-state index in [9.17, 15) is 0 Å². The van der Waals surface area contributed by atoms with Gasteiger partial charge in [0, 0.05) is 24.8 Å². The Morgan fingerprint density at radius 1 is 1.33 bits per heavy atom. The van der Waals surface area contributed by atoms with Crippen LogP contribution in [0, 0.1) is 0 Å². The van der Waals surface area contributed by atoms with Crippen molar-refractivity contribution in [2.24, 2.45) is 0 Å². The highest BCUT2D eigenvalue weighted by Crippen LogP contribution is 2.22. The van der Waals surface area contributed by atoms with Crippen LogP contribution < -0.4 is 5.32 Å². The van der Waals surface area contributed by atoms with E-state index >= 15 is 0 Å². The van der Waals surface area contributed by atoms with Gasteiger partial charge in [0.2, 0.25) is 0 Å². The Labute approximate surface area is 116 Å². The van der Waals surface area contributed by atoms with Crippen molar-refractivity contribution < 1.29 is 4.74 Å². The number of halogens is 1. The summed E-state index contributed by atoms with van der Waals surface area (Å²) in [6, 6.07) is 8.15. The van der Waals surface area contributed by atoms with Crippen molar-refractivity contribution in [1.82, 2.24) is 5.32 Å². The summed E-state index contributed by atoms with van der Waals surface area (Å²) in [5, 5.41) is 4.29. The Hall–Kier alpha value is -0.570. The molecular weight excluding hydrogens is 246 g/mol. The predicted octanol–water partition coefficient (Wildman–Crippen LogP) is 3.85. The predicted molar refractivity (Wildman–Crippen MR) is 78.5 cm³/mol. The molecule has 0 aliphatic carbocycles. The third kappa shape index (κ3) is 5.85. The van der Waals surface area contributed by atoms with Crippen molar-refractivity contribution in [3.05, 3.63) is 34.9 Å². The van der Waals surface area contributed by atoms with E-state index in [1.807, 2.05) is 19.1 Å². The first-order chi connectivity index (χ1) is 8.77. The number of hydrogen-bond acceptors (Lipinski definition) is 2. The quantitative estimate of drug-likeness (QED) is 0.688. The maximum absolute atomic E-state index is 6.06. The Balaban J connectivity index is 2.57. The lowest BCUT2D eigenvalue weighted by Gasteiger charge is -2.18. The zero-order chi connectivity index (χ0) is 13.2. The van der Waals surface area contributed by atoms with E-state index in [4.69, 9.17) is 16.3 Å². The molecule has 0 saturated heterocycles. The van der Waals surface area contributed by atoms with Crippen molar-refractivity contribution in [1.29, 1.82) is 0 Å².